The van der Waals surface area contributed by atoms with Crippen molar-refractivity contribution in [2.45, 2.75) is 0 Å². The molecule has 0 aromatic heterocycles. The van der Waals surface area contributed by atoms with Crippen molar-refractivity contribution >= 4 is 29.5 Å². The number of rotatable bonds is 2. The highest BCUT2D eigenvalue weighted by Gasteiger charge is 2.14. The molecule has 5 nitrogen and oxygen atoms in total. The first kappa shape index (κ1) is 15.1. The topological polar surface area (TPSA) is 64.9 Å². The van der Waals surface area contributed by atoms with Crippen molar-refractivity contribution in [2.24, 2.45) is 4.99 Å². The number of benzene rings is 2. The second-order valence-electron chi connectivity index (χ2n) is 4.95. The Morgan fingerprint density at radius 3 is 2.70 bits per heavy atom. The minimum atomic E-state index is -0.291. The average Bonchev–Trinajstić information content (AvgIpc) is 2.57. The highest BCUT2D eigenvalue weighted by molar-refractivity contribution is 6.31. The molecule has 0 bridgehead atoms. The average molecular weight is 328 g/mol. The second-order valence-corrected chi connectivity index (χ2v) is 5.39. The highest BCUT2D eigenvalue weighted by Crippen LogP contribution is 2.31. The van der Waals surface area contributed by atoms with E-state index in [4.69, 9.17) is 11.6 Å². The number of nitrogens with one attached hydrogen (secondary N) is 1. The fraction of sp³-hybridized carbons (Fsp3) is 0.0588. The Kier molecular flexibility index (Phi) is 4.30. The molecule has 0 radical (unpaired) electrons. The van der Waals surface area contributed by atoms with E-state index in [0.29, 0.717) is 10.7 Å². The van der Waals surface area contributed by atoms with Gasteiger partial charge in [-0.05, 0) is 35.9 Å². The smallest absolute Gasteiger partial charge is 0.327 e. The maximum atomic E-state index is 12.3. The van der Waals surface area contributed by atoms with E-state index in [9.17, 15) is 9.90 Å². The van der Waals surface area contributed by atoms with Gasteiger partial charge in [0, 0.05) is 23.0 Å². The number of nitrogens with zero attached hydrogens (tertiary/aromatic N) is 2. The van der Waals surface area contributed by atoms with Gasteiger partial charge in [0.15, 0.2) is 0 Å². The van der Waals surface area contributed by atoms with Gasteiger partial charge in [-0.3, -0.25) is 9.89 Å². The quantitative estimate of drug-likeness (QED) is 0.872. The van der Waals surface area contributed by atoms with Crippen molar-refractivity contribution in [2.75, 3.05) is 12.0 Å². The van der Waals surface area contributed by atoms with Gasteiger partial charge in [0.05, 0.1) is 5.69 Å². The summed E-state index contributed by atoms with van der Waals surface area (Å²) in [4.78, 5) is 17.8. The van der Waals surface area contributed by atoms with Crippen molar-refractivity contribution in [3.63, 3.8) is 0 Å². The number of urea groups is 1. The van der Waals surface area contributed by atoms with Crippen LogP contribution in [0, 0.1) is 0 Å². The molecule has 0 saturated carbocycles. The van der Waals surface area contributed by atoms with E-state index in [2.05, 4.69) is 10.3 Å². The van der Waals surface area contributed by atoms with E-state index in [1.165, 1.54) is 4.90 Å². The number of phenolic OH excluding ortho intramolecular Hbond substituents is 1. The molecule has 0 saturated heterocycles. The summed E-state index contributed by atoms with van der Waals surface area (Å²) in [6.45, 7) is 0.275. The lowest BCUT2D eigenvalue weighted by molar-refractivity contribution is 0.229. The molecule has 0 atom stereocenters. The second kappa shape index (κ2) is 6.54. The molecular formula is C17H14ClN3O2. The lowest BCUT2D eigenvalue weighted by Gasteiger charge is -2.20. The summed E-state index contributed by atoms with van der Waals surface area (Å²) in [6, 6.07) is 11.7. The van der Waals surface area contributed by atoms with Gasteiger partial charge in [-0.15, -0.1) is 0 Å². The summed E-state index contributed by atoms with van der Waals surface area (Å²) in [7, 11) is 0. The Morgan fingerprint density at radius 1 is 1.22 bits per heavy atom. The normalized spacial score (nSPS) is 13.2. The summed E-state index contributed by atoms with van der Waals surface area (Å²) >= 11 is 6.06. The van der Waals surface area contributed by atoms with Crippen molar-refractivity contribution in [1.82, 2.24) is 4.90 Å². The Bertz CT molecular complexity index is 785. The SMILES string of the molecule is O=C(Nc1cc(Cl)ccc1-c1ccc(O)cc1)N1C=CC=NC1. The standard InChI is InChI=1S/C17H14ClN3O2/c18-13-4-7-15(12-2-5-14(22)6-3-12)16(10-13)20-17(23)21-9-1-8-19-11-21/h1-10,22H,11H2,(H,20,23). The number of aromatic hydroxyl groups is 1. The third-order valence-electron chi connectivity index (χ3n) is 3.35. The number of halogens is 1. The molecule has 1 heterocycles. The first-order chi connectivity index (χ1) is 11.1. The number of anilines is 1. The highest BCUT2D eigenvalue weighted by atomic mass is 35.5. The number of carbonyl (C=O) groups excluding carboxylic acids is 1. The number of carbonyl (C=O) groups is 1. The number of hydrogen-bond donors (Lipinski definition) is 2. The number of hydrogen-bond acceptors (Lipinski definition) is 3. The fourth-order valence-electron chi connectivity index (χ4n) is 2.22. The molecule has 2 N–H and O–H groups in total. The lowest BCUT2D eigenvalue weighted by Crippen LogP contribution is -2.32. The van der Waals surface area contributed by atoms with Crippen LogP contribution < -0.4 is 5.32 Å². The van der Waals surface area contributed by atoms with Gasteiger partial charge < -0.3 is 10.4 Å². The van der Waals surface area contributed by atoms with Crippen molar-refractivity contribution in [1.29, 1.82) is 0 Å². The zero-order valence-electron chi connectivity index (χ0n) is 12.1. The molecule has 23 heavy (non-hydrogen) atoms. The van der Waals surface area contributed by atoms with Crippen LogP contribution in [0.25, 0.3) is 11.1 Å². The van der Waals surface area contributed by atoms with Crippen LogP contribution in [0.2, 0.25) is 5.02 Å². The van der Waals surface area contributed by atoms with Gasteiger partial charge in [-0.2, -0.15) is 0 Å². The lowest BCUT2D eigenvalue weighted by atomic mass is 10.0. The minimum absolute atomic E-state index is 0.185. The predicted molar refractivity (Wildman–Crippen MR) is 91.9 cm³/mol. The molecule has 1 aliphatic rings. The van der Waals surface area contributed by atoms with E-state index in [0.717, 1.165) is 11.1 Å². The van der Waals surface area contributed by atoms with Gasteiger partial charge in [0.2, 0.25) is 0 Å². The summed E-state index contributed by atoms with van der Waals surface area (Å²) < 4.78 is 0. The zero-order chi connectivity index (χ0) is 16.2. The number of allylic oxidation sites excluding steroid dienone is 1. The summed E-state index contributed by atoms with van der Waals surface area (Å²) in [5.74, 6) is 0.185. The molecule has 0 spiro atoms. The van der Waals surface area contributed by atoms with Crippen molar-refractivity contribution in [3.05, 3.63) is 59.8 Å². The molecule has 0 aliphatic carbocycles. The fourth-order valence-corrected chi connectivity index (χ4v) is 2.39. The monoisotopic (exact) mass is 327 g/mol. The maximum Gasteiger partial charge on any atom is 0.327 e. The van der Waals surface area contributed by atoms with Crippen molar-refractivity contribution in [3.8, 4) is 16.9 Å². The molecular weight excluding hydrogens is 314 g/mol. The van der Waals surface area contributed by atoms with Crippen LogP contribution in [0.4, 0.5) is 10.5 Å². The van der Waals surface area contributed by atoms with Crippen LogP contribution in [-0.4, -0.2) is 28.9 Å². The molecule has 6 heteroatoms. The van der Waals surface area contributed by atoms with E-state index < -0.39 is 0 Å². The predicted octanol–water partition coefficient (Wildman–Crippen LogP) is 4.10. The first-order valence-electron chi connectivity index (χ1n) is 6.97. The van der Waals surface area contributed by atoms with Gasteiger partial charge >= 0.3 is 6.03 Å². The Labute approximate surface area is 138 Å². The van der Waals surface area contributed by atoms with Crippen molar-refractivity contribution < 1.29 is 9.90 Å². The van der Waals surface area contributed by atoms with Crippen LogP contribution in [0.15, 0.2) is 59.7 Å². The molecule has 116 valence electrons. The van der Waals surface area contributed by atoms with Gasteiger partial charge in [-0.1, -0.05) is 29.8 Å². The number of phenols is 1. The molecule has 0 fully saturated rings. The van der Waals surface area contributed by atoms with Gasteiger partial charge in [0.25, 0.3) is 0 Å². The summed E-state index contributed by atoms with van der Waals surface area (Å²) in [5, 5.41) is 12.8. The maximum absolute atomic E-state index is 12.3. The van der Waals surface area contributed by atoms with E-state index >= 15 is 0 Å². The molecule has 2 amide bonds. The summed E-state index contributed by atoms with van der Waals surface area (Å²) in [6.07, 6.45) is 5.00. The van der Waals surface area contributed by atoms with Crippen LogP contribution in [-0.2, 0) is 0 Å². The number of amides is 2. The first-order valence-corrected chi connectivity index (χ1v) is 7.34. The molecule has 2 aromatic rings. The third-order valence-corrected chi connectivity index (χ3v) is 3.59. The zero-order valence-corrected chi connectivity index (χ0v) is 12.9. The van der Waals surface area contributed by atoms with E-state index in [1.807, 2.05) is 6.07 Å². The minimum Gasteiger partial charge on any atom is -0.508 e. The Hall–Kier alpha value is -2.79. The van der Waals surface area contributed by atoms with Crippen LogP contribution in [0.1, 0.15) is 0 Å². The molecule has 1 aliphatic heterocycles. The van der Waals surface area contributed by atoms with Crippen LogP contribution >= 0.6 is 11.6 Å². The van der Waals surface area contributed by atoms with Crippen LogP contribution in [0.3, 0.4) is 0 Å². The Balaban J connectivity index is 1.90. The van der Waals surface area contributed by atoms with Crippen LogP contribution in [0.5, 0.6) is 5.75 Å². The summed E-state index contributed by atoms with van der Waals surface area (Å²) in [5.41, 5.74) is 2.27. The molecule has 3 rings (SSSR count). The largest absolute Gasteiger partial charge is 0.508 e. The third kappa shape index (κ3) is 3.52. The van der Waals surface area contributed by atoms with E-state index in [-0.39, 0.29) is 18.4 Å². The number of aliphatic imine (C=N–C) groups is 1. The Morgan fingerprint density at radius 2 is 2.00 bits per heavy atom. The van der Waals surface area contributed by atoms with Gasteiger partial charge in [-0.25, -0.2) is 4.79 Å². The van der Waals surface area contributed by atoms with Gasteiger partial charge in [0.1, 0.15) is 12.4 Å². The molecule has 2 aromatic carbocycles. The molecule has 0 unspecified atom stereocenters. The van der Waals surface area contributed by atoms with E-state index in [1.54, 1.807) is 54.9 Å².